The molecule has 228 valence electrons. The number of hydrogen-bond acceptors (Lipinski definition) is 6. The summed E-state index contributed by atoms with van der Waals surface area (Å²) < 4.78 is 54.8. The van der Waals surface area contributed by atoms with Crippen LogP contribution in [0.3, 0.4) is 0 Å². The van der Waals surface area contributed by atoms with E-state index in [1.165, 1.54) is 34.4 Å². The fourth-order valence-electron chi connectivity index (χ4n) is 5.68. The van der Waals surface area contributed by atoms with Gasteiger partial charge in [0.15, 0.2) is 0 Å². The van der Waals surface area contributed by atoms with Crippen LogP contribution in [0.1, 0.15) is 64.5 Å². The highest BCUT2D eigenvalue weighted by Gasteiger charge is 2.51. The van der Waals surface area contributed by atoms with E-state index in [0.29, 0.717) is 11.5 Å². The average Bonchev–Trinajstić information content (AvgIpc) is 3.32. The molecule has 0 bridgehead atoms. The van der Waals surface area contributed by atoms with Crippen molar-refractivity contribution in [3.8, 4) is 28.4 Å². The first-order valence-electron chi connectivity index (χ1n) is 14.5. The molecule has 1 heterocycles. The van der Waals surface area contributed by atoms with Gasteiger partial charge in [0, 0.05) is 16.8 Å². The molecule has 6 rings (SSSR count). The number of hydrogen-bond donors (Lipinski definition) is 0. The van der Waals surface area contributed by atoms with Gasteiger partial charge in [0.05, 0.1) is 11.2 Å². The van der Waals surface area contributed by atoms with E-state index in [4.69, 9.17) is 23.0 Å². The van der Waals surface area contributed by atoms with E-state index >= 15 is 0 Å². The predicted octanol–water partition coefficient (Wildman–Crippen LogP) is 7.34. The summed E-state index contributed by atoms with van der Waals surface area (Å²) in [5.41, 5.74) is 5.48. The first-order valence-corrected chi connectivity index (χ1v) is 16.1. The van der Waals surface area contributed by atoms with Crippen molar-refractivity contribution in [2.24, 2.45) is 0 Å². The Morgan fingerprint density at radius 3 is 1.84 bits per heavy atom. The maximum atomic E-state index is 13.4. The van der Waals surface area contributed by atoms with E-state index in [1.54, 1.807) is 12.1 Å². The van der Waals surface area contributed by atoms with Crippen LogP contribution in [0, 0.1) is 0 Å². The third kappa shape index (κ3) is 5.72. The van der Waals surface area contributed by atoms with Crippen LogP contribution in [0.25, 0.3) is 11.1 Å². The standard InChI is InChI=1S/C35H36BFO6S/c1-33(2)30-11-9-8-10-28(30)29-21-12-23(22-31(29)33)32(40-26-17-19-27(20-18-26)41-44(7,37)38)39-25-15-13-24(14-16-25)36-42-34(3,4)35(5,6)43-36/h8-22,32H,7H2,1-6H3. The summed E-state index contributed by atoms with van der Waals surface area (Å²) >= 11 is 0. The van der Waals surface area contributed by atoms with Crippen LogP contribution < -0.4 is 19.1 Å². The molecule has 2 atom stereocenters. The first kappa shape index (κ1) is 30.3. The molecule has 0 spiro atoms. The fraction of sp³-hybridized carbons (Fsp3) is 0.286. The molecule has 0 radical (unpaired) electrons. The molecule has 4 aromatic carbocycles. The van der Waals surface area contributed by atoms with Crippen molar-refractivity contribution in [3.63, 3.8) is 0 Å². The van der Waals surface area contributed by atoms with Crippen molar-refractivity contribution in [2.75, 3.05) is 0 Å². The number of fused-ring (bicyclic) bond motifs is 3. The van der Waals surface area contributed by atoms with E-state index in [1.807, 2.05) is 58.0 Å². The quantitative estimate of drug-likeness (QED) is 0.0896. The number of benzene rings is 4. The van der Waals surface area contributed by atoms with Gasteiger partial charge >= 0.3 is 7.12 Å². The summed E-state index contributed by atoms with van der Waals surface area (Å²) in [6, 6.07) is 28.5. The second-order valence-electron chi connectivity index (χ2n) is 12.8. The van der Waals surface area contributed by atoms with Crippen LogP contribution in [0.15, 0.2) is 91.0 Å². The third-order valence-corrected chi connectivity index (χ3v) is 9.26. The van der Waals surface area contributed by atoms with Gasteiger partial charge in [0.1, 0.15) is 17.2 Å². The Morgan fingerprint density at radius 1 is 0.727 bits per heavy atom. The van der Waals surface area contributed by atoms with Crippen LogP contribution in [-0.4, -0.2) is 28.4 Å². The summed E-state index contributed by atoms with van der Waals surface area (Å²) in [7, 11) is -4.63. The second-order valence-corrected chi connectivity index (χ2v) is 14.0. The third-order valence-electron chi connectivity index (χ3n) is 8.82. The molecule has 1 aliphatic carbocycles. The maximum absolute atomic E-state index is 13.4. The molecular formula is C35H36BFO6S. The molecule has 1 aliphatic heterocycles. The van der Waals surface area contributed by atoms with Crippen molar-refractivity contribution in [1.29, 1.82) is 0 Å². The zero-order valence-corrected chi connectivity index (χ0v) is 26.6. The number of halogens is 1. The Morgan fingerprint density at radius 2 is 1.25 bits per heavy atom. The van der Waals surface area contributed by atoms with Gasteiger partial charge in [-0.05, 0) is 97.9 Å². The lowest BCUT2D eigenvalue weighted by Gasteiger charge is -2.32. The van der Waals surface area contributed by atoms with E-state index in [-0.39, 0.29) is 11.2 Å². The van der Waals surface area contributed by atoms with Crippen molar-refractivity contribution in [3.05, 3.63) is 108 Å². The zero-order valence-electron chi connectivity index (χ0n) is 25.8. The molecule has 1 fully saturated rings. The second kappa shape index (κ2) is 10.7. The highest BCUT2D eigenvalue weighted by Crippen LogP contribution is 2.49. The highest BCUT2D eigenvalue weighted by molar-refractivity contribution is 7.91. The van der Waals surface area contributed by atoms with Gasteiger partial charge in [0.2, 0.25) is 0 Å². The Bertz CT molecular complexity index is 1780. The molecule has 1 saturated heterocycles. The predicted molar refractivity (Wildman–Crippen MR) is 174 cm³/mol. The van der Waals surface area contributed by atoms with E-state index < -0.39 is 34.8 Å². The molecule has 4 aromatic rings. The lowest BCUT2D eigenvalue weighted by Crippen LogP contribution is -2.41. The van der Waals surface area contributed by atoms with Crippen molar-refractivity contribution >= 4 is 28.6 Å². The lowest BCUT2D eigenvalue weighted by atomic mass is 9.79. The minimum absolute atomic E-state index is 0.0765. The molecule has 2 unspecified atom stereocenters. The SMILES string of the molecule is C=S(=O)(F)Oc1ccc(OC(Oc2ccc(B3OC(C)(C)C(C)(C)O3)cc2)c2ccc3c(c2)C(C)(C)c2ccccc2-3)cc1. The molecule has 9 heteroatoms. The highest BCUT2D eigenvalue weighted by atomic mass is 32.3. The van der Waals surface area contributed by atoms with Crippen LogP contribution in [0.5, 0.6) is 17.2 Å². The Balaban J connectivity index is 1.30. The molecular weight excluding hydrogens is 578 g/mol. The molecule has 0 amide bonds. The van der Waals surface area contributed by atoms with Gasteiger partial charge in [-0.15, -0.1) is 3.89 Å². The summed E-state index contributed by atoms with van der Waals surface area (Å²) in [6.45, 7) is 12.5. The largest absolute Gasteiger partial charge is 0.494 e. The monoisotopic (exact) mass is 614 g/mol. The topological polar surface area (TPSA) is 63.2 Å². The van der Waals surface area contributed by atoms with Crippen molar-refractivity contribution < 1.29 is 31.1 Å². The van der Waals surface area contributed by atoms with E-state index in [9.17, 15) is 8.09 Å². The zero-order chi connectivity index (χ0) is 31.5. The minimum atomic E-state index is -4.14. The number of ether oxygens (including phenoxy) is 2. The summed E-state index contributed by atoms with van der Waals surface area (Å²) in [4.78, 5) is 0. The minimum Gasteiger partial charge on any atom is -0.451 e. The maximum Gasteiger partial charge on any atom is 0.494 e. The van der Waals surface area contributed by atoms with Gasteiger partial charge in [-0.2, -0.15) is 4.21 Å². The summed E-state index contributed by atoms with van der Waals surface area (Å²) in [6.07, 6.45) is -0.826. The van der Waals surface area contributed by atoms with Gasteiger partial charge in [-0.3, -0.25) is 0 Å². The molecule has 6 nitrogen and oxygen atoms in total. The molecule has 2 aliphatic rings. The van der Waals surface area contributed by atoms with Gasteiger partial charge in [-0.1, -0.05) is 62.4 Å². The summed E-state index contributed by atoms with van der Waals surface area (Å²) in [5.74, 6) is 4.01. The van der Waals surface area contributed by atoms with E-state index in [2.05, 4.69) is 56.1 Å². The Labute approximate surface area is 259 Å². The first-order chi connectivity index (χ1) is 20.6. The Hall–Kier alpha value is -3.79. The Kier molecular flexibility index (Phi) is 7.35. The summed E-state index contributed by atoms with van der Waals surface area (Å²) in [5, 5.41) is 0. The molecule has 0 N–H and O–H groups in total. The van der Waals surface area contributed by atoms with Gasteiger partial charge < -0.3 is 23.0 Å². The number of rotatable bonds is 8. The van der Waals surface area contributed by atoms with Gasteiger partial charge in [0.25, 0.3) is 16.5 Å². The lowest BCUT2D eigenvalue weighted by molar-refractivity contribution is 0.00373. The normalized spacial score (nSPS) is 19.4. The average molecular weight is 615 g/mol. The van der Waals surface area contributed by atoms with E-state index in [0.717, 1.165) is 11.0 Å². The van der Waals surface area contributed by atoms with Crippen molar-refractivity contribution in [1.82, 2.24) is 0 Å². The fourth-order valence-corrected chi connectivity index (χ4v) is 6.07. The van der Waals surface area contributed by atoms with Gasteiger partial charge in [-0.25, -0.2) is 0 Å². The smallest absolute Gasteiger partial charge is 0.451 e. The molecule has 0 aromatic heterocycles. The molecule has 0 saturated carbocycles. The molecule has 44 heavy (non-hydrogen) atoms. The van der Waals surface area contributed by atoms with Crippen molar-refractivity contribution in [2.45, 2.75) is 64.4 Å². The van der Waals surface area contributed by atoms with Crippen LogP contribution >= 0.6 is 0 Å². The van der Waals surface area contributed by atoms with Crippen LogP contribution in [0.2, 0.25) is 0 Å². The van der Waals surface area contributed by atoms with Crippen LogP contribution in [-0.2, 0) is 24.9 Å². The van der Waals surface area contributed by atoms with Crippen LogP contribution in [0.4, 0.5) is 3.89 Å².